The number of unbranched alkanes of at least 4 members (excludes halogenated alkanes) is 7. The molecule has 0 fully saturated rings. The standard InChI is InChI=1S/C13H21N/c1-2-3-4-5-6-7-8-9-10-11-12-13-14/h2,11-12H,1,3-10H2. The first-order valence-electron chi connectivity index (χ1n) is 5.57. The van der Waals surface area contributed by atoms with Gasteiger partial charge in [0.25, 0.3) is 0 Å². The van der Waals surface area contributed by atoms with Gasteiger partial charge in [0.1, 0.15) is 0 Å². The molecule has 0 amide bonds. The van der Waals surface area contributed by atoms with Crippen molar-refractivity contribution < 1.29 is 0 Å². The highest BCUT2D eigenvalue weighted by Gasteiger charge is 1.89. The van der Waals surface area contributed by atoms with E-state index in [-0.39, 0.29) is 0 Å². The van der Waals surface area contributed by atoms with Crippen molar-refractivity contribution in [3.05, 3.63) is 24.8 Å². The third kappa shape index (κ3) is 11.0. The van der Waals surface area contributed by atoms with Crippen molar-refractivity contribution in [1.29, 1.82) is 5.26 Å². The summed E-state index contributed by atoms with van der Waals surface area (Å²) in [7, 11) is 0. The molecule has 78 valence electrons. The van der Waals surface area contributed by atoms with Crippen molar-refractivity contribution in [3.63, 3.8) is 0 Å². The quantitative estimate of drug-likeness (QED) is 0.301. The largest absolute Gasteiger partial charge is 0.193 e. The molecule has 14 heavy (non-hydrogen) atoms. The maximum atomic E-state index is 8.24. The Balaban J connectivity index is 2.96. The molecule has 0 spiro atoms. The van der Waals surface area contributed by atoms with Crippen molar-refractivity contribution in [1.82, 2.24) is 0 Å². The minimum Gasteiger partial charge on any atom is -0.193 e. The summed E-state index contributed by atoms with van der Waals surface area (Å²) in [4.78, 5) is 0. The van der Waals surface area contributed by atoms with Crippen LogP contribution in [0.25, 0.3) is 0 Å². The van der Waals surface area contributed by atoms with Gasteiger partial charge in [0, 0.05) is 6.08 Å². The molecule has 1 heteroatoms. The van der Waals surface area contributed by atoms with E-state index in [1.165, 1.54) is 38.5 Å². The highest BCUT2D eigenvalue weighted by molar-refractivity contribution is 5.01. The lowest BCUT2D eigenvalue weighted by molar-refractivity contribution is 0.600. The first kappa shape index (κ1) is 13.0. The molecule has 0 saturated carbocycles. The van der Waals surface area contributed by atoms with Crippen molar-refractivity contribution in [2.45, 2.75) is 51.4 Å². The lowest BCUT2D eigenvalue weighted by Crippen LogP contribution is -1.79. The van der Waals surface area contributed by atoms with E-state index in [1.54, 1.807) is 6.08 Å². The smallest absolute Gasteiger partial charge is 0.0908 e. The van der Waals surface area contributed by atoms with Crippen LogP contribution in [0.2, 0.25) is 0 Å². The van der Waals surface area contributed by atoms with Crippen molar-refractivity contribution >= 4 is 0 Å². The van der Waals surface area contributed by atoms with Gasteiger partial charge in [0.2, 0.25) is 0 Å². The SMILES string of the molecule is C=CCCCCCCCCC=CC#N. The number of hydrogen-bond donors (Lipinski definition) is 0. The van der Waals surface area contributed by atoms with Gasteiger partial charge in [0.05, 0.1) is 6.07 Å². The van der Waals surface area contributed by atoms with E-state index >= 15 is 0 Å². The summed E-state index contributed by atoms with van der Waals surface area (Å²) in [6.07, 6.45) is 15.5. The van der Waals surface area contributed by atoms with Crippen LogP contribution in [0.1, 0.15) is 51.4 Å². The maximum Gasteiger partial charge on any atom is 0.0908 e. The van der Waals surface area contributed by atoms with E-state index in [1.807, 2.05) is 18.2 Å². The maximum absolute atomic E-state index is 8.24. The van der Waals surface area contributed by atoms with Gasteiger partial charge < -0.3 is 0 Å². The van der Waals surface area contributed by atoms with Crippen LogP contribution >= 0.6 is 0 Å². The zero-order chi connectivity index (χ0) is 10.5. The molecule has 0 atom stereocenters. The molecule has 0 N–H and O–H groups in total. The molecular formula is C13H21N. The molecule has 0 aromatic heterocycles. The fourth-order valence-corrected chi connectivity index (χ4v) is 1.39. The van der Waals surface area contributed by atoms with Gasteiger partial charge in [-0.05, 0) is 25.7 Å². The molecule has 0 bridgehead atoms. The van der Waals surface area contributed by atoms with Crippen LogP contribution in [0, 0.1) is 11.3 Å². The Labute approximate surface area is 88.1 Å². The van der Waals surface area contributed by atoms with Gasteiger partial charge in [-0.25, -0.2) is 0 Å². The monoisotopic (exact) mass is 191 g/mol. The van der Waals surface area contributed by atoms with Gasteiger partial charge in [-0.15, -0.1) is 6.58 Å². The van der Waals surface area contributed by atoms with Gasteiger partial charge in [-0.1, -0.05) is 37.8 Å². The summed E-state index contributed by atoms with van der Waals surface area (Å²) < 4.78 is 0. The second-order valence-corrected chi connectivity index (χ2v) is 3.52. The van der Waals surface area contributed by atoms with Crippen LogP contribution in [0.4, 0.5) is 0 Å². The Bertz CT molecular complexity index is 186. The molecule has 0 saturated heterocycles. The van der Waals surface area contributed by atoms with Crippen LogP contribution in [-0.2, 0) is 0 Å². The molecule has 0 unspecified atom stereocenters. The van der Waals surface area contributed by atoms with Gasteiger partial charge in [-0.2, -0.15) is 5.26 Å². The molecule has 0 aliphatic heterocycles. The summed E-state index contributed by atoms with van der Waals surface area (Å²) in [6, 6.07) is 2.00. The molecule has 0 aromatic carbocycles. The Hall–Kier alpha value is -1.03. The van der Waals surface area contributed by atoms with Gasteiger partial charge in [-0.3, -0.25) is 0 Å². The second-order valence-electron chi connectivity index (χ2n) is 3.52. The predicted molar refractivity (Wildman–Crippen MR) is 61.9 cm³/mol. The number of allylic oxidation sites excluding steroid dienone is 3. The van der Waals surface area contributed by atoms with Gasteiger partial charge in [0.15, 0.2) is 0 Å². The highest BCUT2D eigenvalue weighted by atomic mass is 14.2. The molecule has 0 radical (unpaired) electrons. The molecule has 0 aliphatic rings. The van der Waals surface area contributed by atoms with E-state index in [4.69, 9.17) is 5.26 Å². The molecule has 1 nitrogen and oxygen atoms in total. The van der Waals surface area contributed by atoms with Crippen LogP contribution < -0.4 is 0 Å². The Morgan fingerprint density at radius 2 is 1.50 bits per heavy atom. The number of hydrogen-bond acceptors (Lipinski definition) is 1. The average Bonchev–Trinajstić information content (AvgIpc) is 2.21. The minimum atomic E-state index is 1.06. The summed E-state index contributed by atoms with van der Waals surface area (Å²) in [5.41, 5.74) is 0. The number of rotatable bonds is 9. The van der Waals surface area contributed by atoms with Crippen LogP contribution in [0.3, 0.4) is 0 Å². The topological polar surface area (TPSA) is 23.8 Å². The Morgan fingerprint density at radius 3 is 2.07 bits per heavy atom. The minimum absolute atomic E-state index is 1.06. The van der Waals surface area contributed by atoms with Gasteiger partial charge >= 0.3 is 0 Å². The zero-order valence-electron chi connectivity index (χ0n) is 9.04. The van der Waals surface area contributed by atoms with Crippen LogP contribution in [0.15, 0.2) is 24.8 Å². The fourth-order valence-electron chi connectivity index (χ4n) is 1.39. The third-order valence-electron chi connectivity index (χ3n) is 2.22. The predicted octanol–water partition coefficient (Wildman–Crippen LogP) is 4.37. The first-order valence-corrected chi connectivity index (χ1v) is 5.57. The summed E-state index contributed by atoms with van der Waals surface area (Å²) in [5.74, 6) is 0. The summed E-state index contributed by atoms with van der Waals surface area (Å²) in [6.45, 7) is 3.70. The molecule has 0 heterocycles. The molecule has 0 aliphatic carbocycles. The lowest BCUT2D eigenvalue weighted by Gasteiger charge is -1.98. The van der Waals surface area contributed by atoms with Crippen molar-refractivity contribution in [3.8, 4) is 6.07 Å². The summed E-state index contributed by atoms with van der Waals surface area (Å²) in [5, 5.41) is 8.24. The zero-order valence-corrected chi connectivity index (χ0v) is 9.04. The van der Waals surface area contributed by atoms with E-state index in [9.17, 15) is 0 Å². The van der Waals surface area contributed by atoms with E-state index < -0.39 is 0 Å². The highest BCUT2D eigenvalue weighted by Crippen LogP contribution is 2.08. The first-order chi connectivity index (χ1) is 6.91. The summed E-state index contributed by atoms with van der Waals surface area (Å²) >= 11 is 0. The lowest BCUT2D eigenvalue weighted by atomic mass is 10.1. The molecule has 0 rings (SSSR count). The van der Waals surface area contributed by atoms with Crippen molar-refractivity contribution in [2.24, 2.45) is 0 Å². The number of nitriles is 1. The Kier molecular flexibility index (Phi) is 11.1. The molecule has 0 aromatic rings. The van der Waals surface area contributed by atoms with Crippen LogP contribution in [-0.4, -0.2) is 0 Å². The van der Waals surface area contributed by atoms with E-state index in [2.05, 4.69) is 6.58 Å². The third-order valence-corrected chi connectivity index (χ3v) is 2.22. The van der Waals surface area contributed by atoms with Crippen molar-refractivity contribution in [2.75, 3.05) is 0 Å². The average molecular weight is 191 g/mol. The van der Waals surface area contributed by atoms with Crippen LogP contribution in [0.5, 0.6) is 0 Å². The second kappa shape index (κ2) is 12.0. The fraction of sp³-hybridized carbons (Fsp3) is 0.615. The normalized spacial score (nSPS) is 10.2. The molecular weight excluding hydrogens is 170 g/mol. The van der Waals surface area contributed by atoms with E-state index in [0.717, 1.165) is 12.8 Å². The van der Waals surface area contributed by atoms with E-state index in [0.29, 0.717) is 0 Å². The Morgan fingerprint density at radius 1 is 0.929 bits per heavy atom. The number of nitrogens with zero attached hydrogens (tertiary/aromatic N) is 1.